The van der Waals surface area contributed by atoms with Gasteiger partial charge in [-0.05, 0) is 76.7 Å². The highest BCUT2D eigenvalue weighted by molar-refractivity contribution is 7.98. The van der Waals surface area contributed by atoms with Crippen LogP contribution in [0.3, 0.4) is 0 Å². The number of hydrogen-bond donors (Lipinski definition) is 2. The largest absolute Gasteiger partial charge is 0.348 e. The number of carbonyl (C=O) groups excluding carboxylic acids is 4. The molecule has 0 spiro atoms. The quantitative estimate of drug-likeness (QED) is 0.135. The van der Waals surface area contributed by atoms with Crippen molar-refractivity contribution in [2.24, 2.45) is 10.8 Å². The summed E-state index contributed by atoms with van der Waals surface area (Å²) in [5, 5.41) is 7.78. The molecular weight excluding hydrogens is 936 g/mol. The number of benzene rings is 2. The minimum absolute atomic E-state index is 0.0171. The number of hydrogen-bond acceptors (Lipinski definition) is 10. The fraction of sp³-hybridized carbons (Fsp3) is 0.333. The van der Waals surface area contributed by atoms with E-state index in [4.69, 9.17) is 23.2 Å². The molecule has 2 fully saturated rings. The van der Waals surface area contributed by atoms with Crippen LogP contribution in [0.15, 0.2) is 105 Å². The molecule has 19 heteroatoms. The summed E-state index contributed by atoms with van der Waals surface area (Å²) in [4.78, 5) is 91.8. The zero-order valence-corrected chi connectivity index (χ0v) is 41.0. The number of nitrogens with zero attached hydrogens (tertiary/aromatic N) is 6. The Morgan fingerprint density at radius 1 is 0.657 bits per heavy atom. The van der Waals surface area contributed by atoms with Crippen molar-refractivity contribution in [2.45, 2.75) is 63.7 Å². The van der Waals surface area contributed by atoms with Crippen LogP contribution in [0.2, 0.25) is 10.0 Å². The first-order valence-electron chi connectivity index (χ1n) is 21.3. The second-order valence-electron chi connectivity index (χ2n) is 18.1. The molecular formula is C48H50Cl2N8O7S2. The average molecular weight is 986 g/mol. The van der Waals surface area contributed by atoms with E-state index in [-0.39, 0.29) is 65.6 Å². The molecule has 2 aliphatic rings. The summed E-state index contributed by atoms with van der Waals surface area (Å²) in [6, 6.07) is 20.5. The first-order chi connectivity index (χ1) is 31.7. The zero-order chi connectivity index (χ0) is 48.4. The lowest BCUT2D eigenvalue weighted by Crippen LogP contribution is -2.56. The maximum Gasteiger partial charge on any atom is 0.265 e. The summed E-state index contributed by atoms with van der Waals surface area (Å²) >= 11 is 13.3. The lowest BCUT2D eigenvalue weighted by molar-refractivity contribution is -0.142. The van der Waals surface area contributed by atoms with Gasteiger partial charge in [0.1, 0.15) is 35.5 Å². The highest BCUT2D eigenvalue weighted by Gasteiger charge is 2.38. The molecule has 0 radical (unpaired) electrons. The molecule has 4 amide bonds. The maximum absolute atomic E-state index is 13.4. The van der Waals surface area contributed by atoms with Crippen LogP contribution in [0, 0.1) is 10.8 Å². The van der Waals surface area contributed by atoms with Gasteiger partial charge in [0, 0.05) is 83.6 Å². The van der Waals surface area contributed by atoms with Gasteiger partial charge in [-0.2, -0.15) is 0 Å². The van der Waals surface area contributed by atoms with Crippen molar-refractivity contribution in [3.05, 3.63) is 138 Å². The Morgan fingerprint density at radius 3 is 1.46 bits per heavy atom. The smallest absolute Gasteiger partial charge is 0.265 e. The summed E-state index contributed by atoms with van der Waals surface area (Å²) in [6.07, 6.45) is 6.49. The predicted molar refractivity (Wildman–Crippen MR) is 262 cm³/mol. The van der Waals surface area contributed by atoms with Crippen LogP contribution < -0.4 is 21.8 Å². The molecule has 0 saturated carbocycles. The van der Waals surface area contributed by atoms with Crippen molar-refractivity contribution < 1.29 is 23.4 Å². The van der Waals surface area contributed by atoms with E-state index in [2.05, 4.69) is 48.3 Å². The number of amides is 4. The summed E-state index contributed by atoms with van der Waals surface area (Å²) in [5.41, 5.74) is 1.09. The molecule has 350 valence electrons. The van der Waals surface area contributed by atoms with E-state index in [1.54, 1.807) is 64.5 Å². The molecule has 67 heavy (non-hydrogen) atoms. The molecule has 2 aromatic carbocycles. The van der Waals surface area contributed by atoms with Crippen molar-refractivity contribution in [3.63, 3.8) is 0 Å². The second kappa shape index (κ2) is 20.1. The van der Waals surface area contributed by atoms with E-state index in [1.165, 1.54) is 39.4 Å². The van der Waals surface area contributed by atoms with E-state index < -0.39 is 33.7 Å². The van der Waals surface area contributed by atoms with Gasteiger partial charge in [0.2, 0.25) is 11.8 Å². The fourth-order valence-corrected chi connectivity index (χ4v) is 9.62. The van der Waals surface area contributed by atoms with E-state index in [9.17, 15) is 33.0 Å². The molecule has 0 aliphatic carbocycles. The number of halogens is 2. The molecule has 1 atom stereocenters. The number of rotatable bonds is 12. The molecule has 0 bridgehead atoms. The van der Waals surface area contributed by atoms with Gasteiger partial charge >= 0.3 is 0 Å². The van der Waals surface area contributed by atoms with Crippen LogP contribution in [-0.4, -0.2) is 95.4 Å². The SMILES string of the molecule is CS(=O)c1ccnc2c1cc(C(=O)NCc1ccc(Cl)cc1)c(=O)n2CC(=O)N1CC(C)(C)C1.CSc1ccnc2c1cc(C(=O)NCc1ccc(Cl)cc1)c(=O)n2CC(=O)N1CC(C)(C)C1. The Bertz CT molecular complexity index is 3050. The number of likely N-dealkylation sites (tertiary alicyclic amines) is 2. The highest BCUT2D eigenvalue weighted by Crippen LogP contribution is 2.31. The monoisotopic (exact) mass is 984 g/mol. The van der Waals surface area contributed by atoms with Crippen LogP contribution in [0.5, 0.6) is 0 Å². The Labute approximate surface area is 403 Å². The predicted octanol–water partition coefficient (Wildman–Crippen LogP) is 6.16. The summed E-state index contributed by atoms with van der Waals surface area (Å²) in [7, 11) is -1.39. The topological polar surface area (TPSA) is 186 Å². The normalized spacial score (nSPS) is 15.2. The molecule has 2 aliphatic heterocycles. The standard InChI is InChI=1S/C24H25ClN4O4S.C24H25ClN4O3S/c1-24(2)13-28(14-24)20(30)12-29-21-17(19(34(3)33)8-9-26-21)10-18(23(29)32)22(31)27-11-15-4-6-16(25)7-5-15;1-24(2)13-28(14-24)20(30)12-29-21-17(19(33-3)8-9-26-21)10-18(23(29)32)22(31)27-11-15-4-6-16(25)7-5-15/h4-10H,11-14H2,1-3H3,(H,27,31);4-10H,11-14H2,1-3H3,(H,27,31). The van der Waals surface area contributed by atoms with Gasteiger partial charge in [-0.1, -0.05) is 75.2 Å². The Hall–Kier alpha value is -5.88. The number of thioether (sulfide) groups is 1. The molecule has 2 N–H and O–H groups in total. The van der Waals surface area contributed by atoms with Crippen LogP contribution in [0.4, 0.5) is 0 Å². The van der Waals surface area contributed by atoms with Gasteiger partial charge in [-0.15, -0.1) is 11.8 Å². The van der Waals surface area contributed by atoms with Gasteiger partial charge in [0.15, 0.2) is 0 Å². The van der Waals surface area contributed by atoms with Gasteiger partial charge in [0.05, 0.1) is 15.7 Å². The molecule has 8 rings (SSSR count). The third-order valence-electron chi connectivity index (χ3n) is 11.4. The maximum atomic E-state index is 13.4. The number of carbonyl (C=O) groups is 4. The van der Waals surface area contributed by atoms with E-state index in [0.717, 1.165) is 16.0 Å². The summed E-state index contributed by atoms with van der Waals surface area (Å²) < 4.78 is 14.9. The number of fused-ring (bicyclic) bond motifs is 2. The van der Waals surface area contributed by atoms with Gasteiger partial charge in [-0.3, -0.25) is 42.1 Å². The molecule has 4 aromatic heterocycles. The van der Waals surface area contributed by atoms with Gasteiger partial charge in [-0.25, -0.2) is 9.97 Å². The molecule has 2 saturated heterocycles. The number of aromatic nitrogens is 4. The number of pyridine rings is 4. The summed E-state index contributed by atoms with van der Waals surface area (Å²) in [5.74, 6) is -1.48. The lowest BCUT2D eigenvalue weighted by atomic mass is 9.84. The Balaban J connectivity index is 0.000000199. The fourth-order valence-electron chi connectivity index (χ4n) is 8.09. The molecule has 6 aromatic rings. The van der Waals surface area contributed by atoms with Crippen LogP contribution in [0.25, 0.3) is 22.1 Å². The molecule has 1 unspecified atom stereocenters. The van der Waals surface area contributed by atoms with Crippen LogP contribution >= 0.6 is 35.0 Å². The molecule has 6 heterocycles. The Morgan fingerprint density at radius 2 is 1.06 bits per heavy atom. The number of nitrogens with one attached hydrogen (secondary N) is 2. The van der Waals surface area contributed by atoms with Crippen LogP contribution in [-0.2, 0) is 46.6 Å². The second-order valence-corrected chi connectivity index (χ2v) is 21.2. The van der Waals surface area contributed by atoms with E-state index >= 15 is 0 Å². The minimum atomic E-state index is -1.39. The average Bonchev–Trinajstić information content (AvgIpc) is 3.27. The first-order valence-corrected chi connectivity index (χ1v) is 24.8. The van der Waals surface area contributed by atoms with Crippen molar-refractivity contribution >= 4 is 91.5 Å². The highest BCUT2D eigenvalue weighted by atomic mass is 35.5. The lowest BCUT2D eigenvalue weighted by Gasteiger charge is -2.45. The van der Waals surface area contributed by atoms with E-state index in [1.807, 2.05) is 24.5 Å². The van der Waals surface area contributed by atoms with Crippen molar-refractivity contribution in [1.82, 2.24) is 39.5 Å². The summed E-state index contributed by atoms with van der Waals surface area (Å²) in [6.45, 7) is 10.8. The van der Waals surface area contributed by atoms with Crippen molar-refractivity contribution in [2.75, 3.05) is 38.7 Å². The molecule has 15 nitrogen and oxygen atoms in total. The van der Waals surface area contributed by atoms with E-state index in [0.29, 0.717) is 57.5 Å². The third kappa shape index (κ3) is 11.3. The van der Waals surface area contributed by atoms with Crippen molar-refractivity contribution in [1.29, 1.82) is 0 Å². The first kappa shape index (κ1) is 49.0. The van der Waals surface area contributed by atoms with Gasteiger partial charge < -0.3 is 20.4 Å². The zero-order valence-electron chi connectivity index (χ0n) is 37.9. The van der Waals surface area contributed by atoms with Crippen molar-refractivity contribution in [3.8, 4) is 0 Å². The van der Waals surface area contributed by atoms with Crippen LogP contribution in [0.1, 0.15) is 59.5 Å². The van der Waals surface area contributed by atoms with Gasteiger partial charge in [0.25, 0.3) is 22.9 Å². The Kier molecular flexibility index (Phi) is 14.7. The minimum Gasteiger partial charge on any atom is -0.348 e. The third-order valence-corrected chi connectivity index (χ3v) is 13.7.